The lowest BCUT2D eigenvalue weighted by molar-refractivity contribution is 0.0154. The maximum Gasteiger partial charge on any atom is 0.257 e. The van der Waals surface area contributed by atoms with Crippen LogP contribution in [0.4, 0.5) is 5.69 Å². The maximum atomic E-state index is 12.8. The van der Waals surface area contributed by atoms with Gasteiger partial charge in [-0.1, -0.05) is 12.1 Å². The fourth-order valence-corrected chi connectivity index (χ4v) is 3.34. The predicted octanol–water partition coefficient (Wildman–Crippen LogP) is 6.71. The zero-order valence-corrected chi connectivity index (χ0v) is 20.1. The molecule has 0 aliphatic rings. The van der Waals surface area contributed by atoms with Gasteiger partial charge in [0.05, 0.1) is 35.3 Å². The van der Waals surface area contributed by atoms with Crippen LogP contribution in [0.5, 0.6) is 17.2 Å². The molecule has 2 aromatic carbocycles. The summed E-state index contributed by atoms with van der Waals surface area (Å²) in [6.45, 7) is 11.7. The van der Waals surface area contributed by atoms with Crippen LogP contribution in [-0.4, -0.2) is 23.1 Å². The number of hydrogen-bond acceptors (Lipinski definition) is 5. The summed E-state index contributed by atoms with van der Waals surface area (Å²) in [6.07, 6.45) is 0.0166. The third kappa shape index (κ3) is 6.80. The summed E-state index contributed by atoms with van der Waals surface area (Å²) in [7, 11) is 0. The van der Waals surface area contributed by atoms with E-state index in [9.17, 15) is 4.79 Å². The molecule has 0 saturated carbocycles. The molecular weight excluding hydrogens is 416 g/mol. The fraction of sp³-hybridized carbons (Fsp3) is 0.333. The van der Waals surface area contributed by atoms with E-state index in [-0.39, 0.29) is 24.2 Å². The summed E-state index contributed by atoms with van der Waals surface area (Å²) in [5.74, 6) is 1.76. The van der Waals surface area contributed by atoms with Crippen molar-refractivity contribution in [3.8, 4) is 17.2 Å². The first-order chi connectivity index (χ1) is 15.7. The van der Waals surface area contributed by atoms with Gasteiger partial charge in [-0.05, 0) is 90.1 Å². The molecule has 174 valence electrons. The molecular formula is C27H32N2O4. The van der Waals surface area contributed by atoms with Crippen LogP contribution in [0.3, 0.4) is 0 Å². The average molecular weight is 449 g/mol. The first-order valence-corrected chi connectivity index (χ1v) is 11.2. The van der Waals surface area contributed by atoms with Gasteiger partial charge in [-0.15, -0.1) is 0 Å². The number of para-hydroxylation sites is 2. The third-order valence-corrected chi connectivity index (χ3v) is 4.80. The van der Waals surface area contributed by atoms with Gasteiger partial charge in [0.25, 0.3) is 5.91 Å². The van der Waals surface area contributed by atoms with E-state index >= 15 is 0 Å². The monoisotopic (exact) mass is 448 g/mol. The standard InChI is InChI=1S/C27H32N2O4/c1-17(2)31-20(6)24-16-15-23(19(5)28-24)27(30)29-21-11-13-22(14-12-21)33-26-10-8-7-9-25(26)32-18(3)4/h7-18,20H,1-6H3,(H,29,30). The summed E-state index contributed by atoms with van der Waals surface area (Å²) in [5, 5.41) is 2.92. The van der Waals surface area contributed by atoms with Crippen molar-refractivity contribution < 1.29 is 19.0 Å². The highest BCUT2D eigenvalue weighted by atomic mass is 16.5. The Morgan fingerprint density at radius 2 is 1.52 bits per heavy atom. The SMILES string of the molecule is Cc1nc(C(C)OC(C)C)ccc1C(=O)Nc1ccc(Oc2ccccc2OC(C)C)cc1. The van der Waals surface area contributed by atoms with Crippen molar-refractivity contribution >= 4 is 11.6 Å². The molecule has 1 atom stereocenters. The molecule has 1 aromatic heterocycles. The smallest absolute Gasteiger partial charge is 0.257 e. The minimum absolute atomic E-state index is 0.0466. The molecule has 0 bridgehead atoms. The molecule has 33 heavy (non-hydrogen) atoms. The van der Waals surface area contributed by atoms with Crippen molar-refractivity contribution in [3.63, 3.8) is 0 Å². The number of aryl methyl sites for hydroxylation is 1. The summed E-state index contributed by atoms with van der Waals surface area (Å²) in [5.41, 5.74) is 2.65. The van der Waals surface area contributed by atoms with Crippen LogP contribution >= 0.6 is 0 Å². The first-order valence-electron chi connectivity index (χ1n) is 11.2. The van der Waals surface area contributed by atoms with E-state index in [4.69, 9.17) is 14.2 Å². The van der Waals surface area contributed by atoms with Crippen LogP contribution in [-0.2, 0) is 4.74 Å². The van der Waals surface area contributed by atoms with Crippen LogP contribution in [0, 0.1) is 6.92 Å². The molecule has 6 heteroatoms. The van der Waals surface area contributed by atoms with Crippen LogP contribution in [0.1, 0.15) is 62.5 Å². The molecule has 3 rings (SSSR count). The number of aromatic nitrogens is 1. The van der Waals surface area contributed by atoms with Crippen LogP contribution < -0.4 is 14.8 Å². The van der Waals surface area contributed by atoms with Crippen molar-refractivity contribution in [2.45, 2.75) is 59.9 Å². The van der Waals surface area contributed by atoms with E-state index in [1.165, 1.54) is 0 Å². The van der Waals surface area contributed by atoms with E-state index in [1.54, 1.807) is 30.3 Å². The number of rotatable bonds is 9. The Hall–Kier alpha value is -3.38. The third-order valence-electron chi connectivity index (χ3n) is 4.80. The van der Waals surface area contributed by atoms with Crippen molar-refractivity contribution in [1.82, 2.24) is 4.98 Å². The molecule has 0 radical (unpaired) electrons. The molecule has 3 aromatic rings. The number of carbonyl (C=O) groups is 1. The van der Waals surface area contributed by atoms with E-state index in [2.05, 4.69) is 10.3 Å². The van der Waals surface area contributed by atoms with Gasteiger partial charge < -0.3 is 19.5 Å². The molecule has 1 unspecified atom stereocenters. The molecule has 6 nitrogen and oxygen atoms in total. The van der Waals surface area contributed by atoms with Gasteiger partial charge in [-0.2, -0.15) is 0 Å². The first kappa shape index (κ1) is 24.3. The number of ether oxygens (including phenoxy) is 3. The number of anilines is 1. The highest BCUT2D eigenvalue weighted by Crippen LogP contribution is 2.32. The van der Waals surface area contributed by atoms with Gasteiger partial charge in [0.1, 0.15) is 5.75 Å². The Balaban J connectivity index is 1.66. The van der Waals surface area contributed by atoms with Gasteiger partial charge >= 0.3 is 0 Å². The van der Waals surface area contributed by atoms with E-state index < -0.39 is 0 Å². The number of pyridine rings is 1. The zero-order valence-electron chi connectivity index (χ0n) is 20.1. The molecule has 0 saturated heterocycles. The number of amides is 1. The molecule has 0 aliphatic carbocycles. The van der Waals surface area contributed by atoms with E-state index in [1.807, 2.05) is 71.9 Å². The van der Waals surface area contributed by atoms with Gasteiger partial charge in [-0.25, -0.2) is 0 Å². The van der Waals surface area contributed by atoms with Crippen LogP contribution in [0.25, 0.3) is 0 Å². The van der Waals surface area contributed by atoms with Crippen molar-refractivity contribution in [2.24, 2.45) is 0 Å². The minimum atomic E-state index is -0.215. The van der Waals surface area contributed by atoms with Crippen molar-refractivity contribution in [1.29, 1.82) is 0 Å². The second kappa shape index (κ2) is 11.0. The van der Waals surface area contributed by atoms with Gasteiger partial charge in [-0.3, -0.25) is 9.78 Å². The Morgan fingerprint density at radius 1 is 0.848 bits per heavy atom. The number of nitrogens with zero attached hydrogens (tertiary/aromatic N) is 1. The second-order valence-electron chi connectivity index (χ2n) is 8.39. The van der Waals surface area contributed by atoms with E-state index in [0.29, 0.717) is 34.2 Å². The quantitative estimate of drug-likeness (QED) is 0.394. The van der Waals surface area contributed by atoms with Crippen LogP contribution in [0.2, 0.25) is 0 Å². The van der Waals surface area contributed by atoms with Gasteiger partial charge in [0.15, 0.2) is 11.5 Å². The molecule has 1 amide bonds. The van der Waals surface area contributed by atoms with Crippen LogP contribution in [0.15, 0.2) is 60.7 Å². The molecule has 1 heterocycles. The Kier molecular flexibility index (Phi) is 8.06. The number of benzene rings is 2. The lowest BCUT2D eigenvalue weighted by Crippen LogP contribution is -2.16. The summed E-state index contributed by atoms with van der Waals surface area (Å²) >= 11 is 0. The second-order valence-corrected chi connectivity index (χ2v) is 8.39. The number of nitrogens with one attached hydrogen (secondary N) is 1. The average Bonchev–Trinajstić information content (AvgIpc) is 2.75. The summed E-state index contributed by atoms with van der Waals surface area (Å²) < 4.78 is 17.6. The largest absolute Gasteiger partial charge is 0.487 e. The Bertz CT molecular complexity index is 1080. The lowest BCUT2D eigenvalue weighted by Gasteiger charge is -2.17. The maximum absolute atomic E-state index is 12.8. The Morgan fingerprint density at radius 3 is 2.12 bits per heavy atom. The Labute approximate surface area is 195 Å². The van der Waals surface area contributed by atoms with Crippen molar-refractivity contribution in [2.75, 3.05) is 5.32 Å². The molecule has 0 spiro atoms. The number of carbonyl (C=O) groups excluding carboxylic acids is 1. The van der Waals surface area contributed by atoms with E-state index in [0.717, 1.165) is 5.69 Å². The minimum Gasteiger partial charge on any atom is -0.487 e. The zero-order chi connectivity index (χ0) is 24.0. The summed E-state index contributed by atoms with van der Waals surface area (Å²) in [6, 6.07) is 18.4. The highest BCUT2D eigenvalue weighted by Gasteiger charge is 2.15. The molecule has 0 aliphatic heterocycles. The topological polar surface area (TPSA) is 69.7 Å². The molecule has 1 N–H and O–H groups in total. The molecule has 0 fully saturated rings. The normalized spacial score (nSPS) is 12.0. The fourth-order valence-electron chi connectivity index (χ4n) is 3.34. The van der Waals surface area contributed by atoms with Crippen molar-refractivity contribution in [3.05, 3.63) is 77.6 Å². The predicted molar refractivity (Wildman–Crippen MR) is 130 cm³/mol. The summed E-state index contributed by atoms with van der Waals surface area (Å²) in [4.78, 5) is 17.3. The highest BCUT2D eigenvalue weighted by molar-refractivity contribution is 6.05. The number of hydrogen-bond donors (Lipinski definition) is 1. The lowest BCUT2D eigenvalue weighted by atomic mass is 10.1. The van der Waals surface area contributed by atoms with Gasteiger partial charge in [0.2, 0.25) is 0 Å². The van der Waals surface area contributed by atoms with Gasteiger partial charge in [0, 0.05) is 5.69 Å².